The number of hydrogen-bond donors (Lipinski definition) is 9. The lowest BCUT2D eigenvalue weighted by Crippen LogP contribution is -2.62. The zero-order chi connectivity index (χ0) is 58.6. The smallest absolute Gasteiger partial charge is 0.311 e. The molecule has 9 N–H and O–H groups in total. The summed E-state index contributed by atoms with van der Waals surface area (Å²) in [5.41, 5.74) is 0.771. The molecule has 0 radical (unpaired) electrons. The van der Waals surface area contributed by atoms with Gasteiger partial charge in [-0.2, -0.15) is 8.78 Å². The average Bonchev–Trinajstić information content (AvgIpc) is 4.12. The fraction of sp³-hybridized carbons (Fsp3) is 0.673. The maximum Gasteiger partial charge on any atom is 0.311 e. The minimum atomic E-state index is -2.37. The molecule has 0 saturated carbocycles. The Morgan fingerprint density at radius 1 is 0.562 bits per heavy atom. The van der Waals surface area contributed by atoms with Gasteiger partial charge in [0.2, 0.25) is 52.6 Å². The van der Waals surface area contributed by atoms with Crippen LogP contribution in [-0.2, 0) is 60.6 Å². The van der Waals surface area contributed by atoms with Gasteiger partial charge in [0.25, 0.3) is 0 Å². The van der Waals surface area contributed by atoms with E-state index in [9.17, 15) is 81.4 Å². The van der Waals surface area contributed by atoms with Crippen molar-refractivity contribution < 1.29 is 105 Å². The van der Waals surface area contributed by atoms with Crippen LogP contribution < -0.4 is 20.7 Å². The molecule has 31 heteroatoms. The number of rotatable bonds is 31. The standard InChI is InChI=1S/C49H68F5N9O17/c1-25(66)55-41-45(74)43(72)30(21-64)78-48(41)62-19-27(58-60-62)13-11-17-33(69)76-23-29(24-77-34(70)18-12-14-28-20-63(61-59-28)49-42(56-26(2)67)46(75)44(73)31(22-65)79-49)57-32(68)15-9-7-5-3-4-6-8-10-16-35(71)80-47-39(53)37(51)36(50)38(52)40(47)54/h19-20,29-31,41-46,48-49,64-65,72-75H,3-18,21-24H2,1-2H3,(H,55,66)(H,56,67)(H,57,68)/t30-,31-,41-,42-,43+,44+,45-,46-,48-,49-/m1/s1. The molecule has 26 nitrogen and oxygen atoms in total. The lowest BCUT2D eigenvalue weighted by atomic mass is 9.96. The Hall–Kier alpha value is -6.35. The van der Waals surface area contributed by atoms with Crippen LogP contribution in [0.25, 0.3) is 0 Å². The Morgan fingerprint density at radius 2 is 0.950 bits per heavy atom. The van der Waals surface area contributed by atoms with Crippen LogP contribution >= 0.6 is 0 Å². The van der Waals surface area contributed by atoms with E-state index in [2.05, 4.69) is 41.3 Å². The molecule has 0 aliphatic carbocycles. The first kappa shape index (κ1) is 64.5. The maximum atomic E-state index is 13.8. The number of nitrogens with one attached hydrogen (secondary N) is 3. The first-order chi connectivity index (χ1) is 38.1. The molecule has 2 aliphatic rings. The first-order valence-corrected chi connectivity index (χ1v) is 26.1. The minimum absolute atomic E-state index is 0.0697. The minimum Gasteiger partial charge on any atom is -0.463 e. The molecule has 2 aliphatic heterocycles. The molecule has 2 aromatic heterocycles. The highest BCUT2D eigenvalue weighted by Gasteiger charge is 2.47. The number of ether oxygens (including phenoxy) is 5. The summed E-state index contributed by atoms with van der Waals surface area (Å²) in [5, 5.41) is 85.2. The highest BCUT2D eigenvalue weighted by molar-refractivity contribution is 5.76. The Morgan fingerprint density at radius 3 is 1.36 bits per heavy atom. The number of nitrogens with zero attached hydrogens (tertiary/aromatic N) is 6. The van der Waals surface area contributed by atoms with Crippen LogP contribution in [0.5, 0.6) is 5.75 Å². The fourth-order valence-electron chi connectivity index (χ4n) is 8.78. The number of amides is 3. The van der Waals surface area contributed by atoms with Crippen molar-refractivity contribution in [3.8, 4) is 5.75 Å². The van der Waals surface area contributed by atoms with Gasteiger partial charge in [0.15, 0.2) is 12.5 Å². The van der Waals surface area contributed by atoms with Crippen molar-refractivity contribution in [2.45, 2.75) is 184 Å². The van der Waals surface area contributed by atoms with Crippen molar-refractivity contribution in [3.05, 3.63) is 52.9 Å². The van der Waals surface area contributed by atoms with E-state index >= 15 is 0 Å². The molecule has 0 unspecified atom stereocenters. The van der Waals surface area contributed by atoms with Crippen molar-refractivity contribution in [1.82, 2.24) is 45.9 Å². The number of unbranched alkanes of at least 4 members (excludes halogenated alkanes) is 7. The summed E-state index contributed by atoms with van der Waals surface area (Å²) >= 11 is 0. The maximum absolute atomic E-state index is 13.8. The van der Waals surface area contributed by atoms with Crippen LogP contribution in [0.3, 0.4) is 0 Å². The first-order valence-electron chi connectivity index (χ1n) is 26.1. The van der Waals surface area contributed by atoms with Gasteiger partial charge < -0.3 is 70.3 Å². The quantitative estimate of drug-likeness (QED) is 0.0104. The number of aliphatic hydroxyl groups excluding tert-OH is 6. The second-order valence-electron chi connectivity index (χ2n) is 19.3. The molecule has 1 aromatic carbocycles. The summed E-state index contributed by atoms with van der Waals surface area (Å²) in [5.74, 6) is -16.9. The predicted molar refractivity (Wildman–Crippen MR) is 259 cm³/mol. The summed E-state index contributed by atoms with van der Waals surface area (Å²) < 4.78 is 96.9. The molecule has 2 saturated heterocycles. The van der Waals surface area contributed by atoms with Crippen LogP contribution in [0.15, 0.2) is 12.4 Å². The average molecular weight is 1150 g/mol. The highest BCUT2D eigenvalue weighted by Crippen LogP contribution is 2.31. The van der Waals surface area contributed by atoms with Gasteiger partial charge in [-0.3, -0.25) is 28.8 Å². The summed E-state index contributed by atoms with van der Waals surface area (Å²) in [6.07, 6.45) is -2.78. The molecule has 5 rings (SSSR count). The monoisotopic (exact) mass is 1150 g/mol. The van der Waals surface area contributed by atoms with Gasteiger partial charge in [-0.15, -0.1) is 10.2 Å². The summed E-state index contributed by atoms with van der Waals surface area (Å²) in [6, 6.07) is -3.26. The molecule has 10 atom stereocenters. The SMILES string of the molecule is CC(=O)N[C@@H]1[C@@H](O)[C@@H](O)[C@@H](CO)O[C@H]1n1cc(CCCC(=O)OCC(COC(=O)CCCc2cn([C@@H]3O[C@H](CO)[C@H](O)[C@H](O)[C@H]3NC(C)=O)nn2)NC(=O)CCCCCCCCCCC(=O)Oc2c(F)c(F)c(F)c(F)c2F)nn1. The van der Waals surface area contributed by atoms with E-state index in [0.717, 1.165) is 19.3 Å². The van der Waals surface area contributed by atoms with Crippen molar-refractivity contribution in [3.63, 3.8) is 0 Å². The molecule has 3 amide bonds. The molecular weight excluding hydrogens is 1080 g/mol. The lowest BCUT2D eigenvalue weighted by Gasteiger charge is -2.42. The van der Waals surface area contributed by atoms with E-state index in [1.54, 1.807) is 0 Å². The number of benzene rings is 1. The topological polar surface area (TPSA) is 367 Å². The predicted octanol–water partition coefficient (Wildman–Crippen LogP) is 0.221. The fourth-order valence-corrected chi connectivity index (χ4v) is 8.78. The number of hydrogen-bond acceptors (Lipinski definition) is 21. The van der Waals surface area contributed by atoms with Gasteiger partial charge in [0.05, 0.1) is 43.0 Å². The van der Waals surface area contributed by atoms with E-state index in [4.69, 9.17) is 18.9 Å². The third kappa shape index (κ3) is 18.6. The molecule has 0 spiro atoms. The number of aliphatic hydroxyl groups is 6. The molecule has 80 heavy (non-hydrogen) atoms. The van der Waals surface area contributed by atoms with E-state index < -0.39 is 151 Å². The van der Waals surface area contributed by atoms with Gasteiger partial charge in [-0.1, -0.05) is 49.0 Å². The number of aromatic nitrogens is 6. The van der Waals surface area contributed by atoms with E-state index in [0.29, 0.717) is 37.1 Å². The number of aryl methyl sites for hydroxylation is 2. The largest absolute Gasteiger partial charge is 0.463 e. The van der Waals surface area contributed by atoms with Crippen molar-refractivity contribution in [2.24, 2.45) is 0 Å². The highest BCUT2D eigenvalue weighted by atomic mass is 19.2. The third-order valence-electron chi connectivity index (χ3n) is 13.0. The molecule has 3 aromatic rings. The second-order valence-corrected chi connectivity index (χ2v) is 19.3. The molecule has 2 fully saturated rings. The molecule has 4 heterocycles. The summed E-state index contributed by atoms with van der Waals surface area (Å²) in [7, 11) is 0. The Balaban J connectivity index is 1.06. The summed E-state index contributed by atoms with van der Waals surface area (Å²) in [4.78, 5) is 74.7. The van der Waals surface area contributed by atoms with Gasteiger partial charge in [0.1, 0.15) is 61.9 Å². The Kier molecular flexibility index (Phi) is 25.5. The van der Waals surface area contributed by atoms with Crippen LogP contribution in [0.1, 0.15) is 128 Å². The number of carbonyl (C=O) groups excluding carboxylic acids is 6. The molecule has 446 valence electrons. The van der Waals surface area contributed by atoms with Crippen LogP contribution in [-0.4, -0.2) is 177 Å². The second kappa shape index (κ2) is 31.6. The molecule has 0 bridgehead atoms. The van der Waals surface area contributed by atoms with Gasteiger partial charge in [-0.05, 0) is 38.5 Å². The Labute approximate surface area is 454 Å². The van der Waals surface area contributed by atoms with Gasteiger partial charge in [-0.25, -0.2) is 22.5 Å². The van der Waals surface area contributed by atoms with E-state index in [1.807, 2.05) is 0 Å². The van der Waals surface area contributed by atoms with Gasteiger partial charge in [0, 0.05) is 39.5 Å². The number of carbonyl (C=O) groups is 6. The van der Waals surface area contributed by atoms with E-state index in [1.165, 1.54) is 35.6 Å². The van der Waals surface area contributed by atoms with Crippen molar-refractivity contribution in [2.75, 3.05) is 26.4 Å². The number of halogens is 5. The van der Waals surface area contributed by atoms with Crippen molar-refractivity contribution >= 4 is 35.6 Å². The van der Waals surface area contributed by atoms with Crippen LogP contribution in [0.4, 0.5) is 22.0 Å². The van der Waals surface area contributed by atoms with Crippen LogP contribution in [0, 0.1) is 29.1 Å². The number of esters is 3. The van der Waals surface area contributed by atoms with Crippen LogP contribution in [0.2, 0.25) is 0 Å². The zero-order valence-electron chi connectivity index (χ0n) is 43.9. The normalized spacial score (nSPS) is 23.2. The summed E-state index contributed by atoms with van der Waals surface area (Å²) in [6.45, 7) is 0.388. The van der Waals surface area contributed by atoms with Crippen molar-refractivity contribution in [1.29, 1.82) is 0 Å². The zero-order valence-corrected chi connectivity index (χ0v) is 43.9. The van der Waals surface area contributed by atoms with Gasteiger partial charge >= 0.3 is 17.9 Å². The Bertz CT molecular complexity index is 2410. The van der Waals surface area contributed by atoms with E-state index in [-0.39, 0.29) is 71.0 Å². The third-order valence-corrected chi connectivity index (χ3v) is 13.0. The lowest BCUT2D eigenvalue weighted by molar-refractivity contribution is -0.219. The molecular formula is C49H68F5N9O17.